The maximum absolute atomic E-state index is 11.6. The maximum Gasteiger partial charge on any atom is 0.305 e. The highest BCUT2D eigenvalue weighted by Crippen LogP contribution is 2.08. The third kappa shape index (κ3) is 22.1. The molecule has 27 heavy (non-hydrogen) atoms. The normalized spacial score (nSPS) is 10.5. The molecule has 0 aromatic rings. The molecular formula is C24H36O3. The number of unbranched alkanes of at least 4 members (excludes halogenated alkanes) is 8. The van der Waals surface area contributed by atoms with Crippen LogP contribution in [0.15, 0.2) is 0 Å². The Labute approximate surface area is 166 Å². The van der Waals surface area contributed by atoms with Crippen LogP contribution in [0.2, 0.25) is 0 Å². The zero-order valence-electron chi connectivity index (χ0n) is 17.2. The maximum atomic E-state index is 11.6. The molecule has 1 N–H and O–H groups in total. The van der Waals surface area contributed by atoms with Gasteiger partial charge >= 0.3 is 5.97 Å². The molecule has 3 nitrogen and oxygen atoms in total. The highest BCUT2D eigenvalue weighted by molar-refractivity contribution is 5.69. The van der Waals surface area contributed by atoms with Crippen LogP contribution in [0.25, 0.3) is 0 Å². The Balaban J connectivity index is 3.40. The molecule has 150 valence electrons. The monoisotopic (exact) mass is 372 g/mol. The number of carbonyl (C=O) groups is 1. The first kappa shape index (κ1) is 25.1. The van der Waals surface area contributed by atoms with Crippen LogP contribution in [0, 0.1) is 35.5 Å². The summed E-state index contributed by atoms with van der Waals surface area (Å²) in [6.07, 6.45) is 11.9. The quantitative estimate of drug-likeness (QED) is 0.297. The third-order valence-electron chi connectivity index (χ3n) is 3.86. The van der Waals surface area contributed by atoms with E-state index in [1.165, 1.54) is 12.8 Å². The topological polar surface area (TPSA) is 46.5 Å². The molecule has 0 aliphatic carbocycles. The van der Waals surface area contributed by atoms with Crippen molar-refractivity contribution in [3.8, 4) is 35.5 Å². The summed E-state index contributed by atoms with van der Waals surface area (Å²) in [5.74, 6) is 17.5. The van der Waals surface area contributed by atoms with Crippen molar-refractivity contribution in [1.29, 1.82) is 0 Å². The predicted molar refractivity (Wildman–Crippen MR) is 112 cm³/mol. The van der Waals surface area contributed by atoms with Gasteiger partial charge in [0, 0.05) is 12.8 Å². The Morgan fingerprint density at radius 2 is 1.48 bits per heavy atom. The fraction of sp³-hybridized carbons (Fsp3) is 0.708. The second-order valence-corrected chi connectivity index (χ2v) is 6.61. The van der Waals surface area contributed by atoms with Crippen molar-refractivity contribution in [3.05, 3.63) is 0 Å². The summed E-state index contributed by atoms with van der Waals surface area (Å²) in [5, 5.41) is 8.96. The standard InChI is InChI=1S/C24H36O3/c1-3-4-5-19-22-27-24(26)21-18-16-14-12-10-8-6-7-9-11-13-15-17-20-23(2)25/h23,25H,3-5,8-10,12,14-16,18-19,21-22H2,1-2H3/t23-/m1/s1. The van der Waals surface area contributed by atoms with E-state index in [0.717, 1.165) is 51.4 Å². The Hall–Kier alpha value is -1.89. The molecule has 0 bridgehead atoms. The zero-order valence-corrected chi connectivity index (χ0v) is 17.2. The minimum absolute atomic E-state index is 0.0460. The van der Waals surface area contributed by atoms with Gasteiger partial charge in [-0.1, -0.05) is 75.1 Å². The SMILES string of the molecule is CCCCCCOC(=O)CCCCCCCC#CCC#CCC#C[C@@H](C)O. The van der Waals surface area contributed by atoms with E-state index in [1.807, 2.05) is 0 Å². The van der Waals surface area contributed by atoms with Crippen LogP contribution >= 0.6 is 0 Å². The molecule has 0 saturated carbocycles. The molecule has 0 aromatic carbocycles. The molecule has 0 aliphatic rings. The molecule has 0 fully saturated rings. The number of carbonyl (C=O) groups excluding carboxylic acids is 1. The van der Waals surface area contributed by atoms with Crippen LogP contribution in [0.4, 0.5) is 0 Å². The van der Waals surface area contributed by atoms with Gasteiger partial charge < -0.3 is 9.84 Å². The summed E-state index contributed by atoms with van der Waals surface area (Å²) in [6, 6.07) is 0. The lowest BCUT2D eigenvalue weighted by molar-refractivity contribution is -0.143. The summed E-state index contributed by atoms with van der Waals surface area (Å²) in [5.41, 5.74) is 0. The highest BCUT2D eigenvalue weighted by Gasteiger charge is 2.02. The van der Waals surface area contributed by atoms with E-state index in [-0.39, 0.29) is 5.97 Å². The average Bonchev–Trinajstić information content (AvgIpc) is 2.64. The van der Waals surface area contributed by atoms with Crippen molar-refractivity contribution in [2.45, 2.75) is 103 Å². The van der Waals surface area contributed by atoms with Crippen LogP contribution < -0.4 is 0 Å². The Morgan fingerprint density at radius 1 is 0.852 bits per heavy atom. The average molecular weight is 373 g/mol. The first-order valence-corrected chi connectivity index (χ1v) is 10.4. The molecule has 0 heterocycles. The number of aliphatic hydroxyl groups is 1. The summed E-state index contributed by atoms with van der Waals surface area (Å²) in [4.78, 5) is 11.6. The van der Waals surface area contributed by atoms with Gasteiger partial charge in [0.1, 0.15) is 6.10 Å². The van der Waals surface area contributed by atoms with Gasteiger partial charge in [-0.15, -0.1) is 5.92 Å². The first-order valence-electron chi connectivity index (χ1n) is 10.4. The summed E-state index contributed by atoms with van der Waals surface area (Å²) in [7, 11) is 0. The van der Waals surface area contributed by atoms with Gasteiger partial charge in [-0.2, -0.15) is 0 Å². The van der Waals surface area contributed by atoms with Gasteiger partial charge in [-0.05, 0) is 26.2 Å². The summed E-state index contributed by atoms with van der Waals surface area (Å²) >= 11 is 0. The molecule has 0 amide bonds. The van der Waals surface area contributed by atoms with Crippen LogP contribution in [0.5, 0.6) is 0 Å². The number of hydrogen-bond acceptors (Lipinski definition) is 3. The van der Waals surface area contributed by atoms with Crippen molar-refractivity contribution < 1.29 is 14.6 Å². The first-order chi connectivity index (χ1) is 13.2. The smallest absolute Gasteiger partial charge is 0.305 e. The number of ether oxygens (including phenoxy) is 1. The number of aliphatic hydroxyl groups excluding tert-OH is 1. The van der Waals surface area contributed by atoms with Crippen molar-refractivity contribution in [2.24, 2.45) is 0 Å². The number of hydrogen-bond donors (Lipinski definition) is 1. The van der Waals surface area contributed by atoms with E-state index in [4.69, 9.17) is 9.84 Å². The molecule has 0 aromatic heterocycles. The molecular weight excluding hydrogens is 336 g/mol. The molecule has 0 aliphatic heterocycles. The summed E-state index contributed by atoms with van der Waals surface area (Å²) in [6.45, 7) is 4.39. The minimum atomic E-state index is -0.583. The van der Waals surface area contributed by atoms with E-state index in [9.17, 15) is 4.79 Å². The van der Waals surface area contributed by atoms with Crippen molar-refractivity contribution in [1.82, 2.24) is 0 Å². The third-order valence-corrected chi connectivity index (χ3v) is 3.86. The van der Waals surface area contributed by atoms with Gasteiger partial charge in [0.15, 0.2) is 0 Å². The van der Waals surface area contributed by atoms with Crippen molar-refractivity contribution in [2.75, 3.05) is 6.61 Å². The molecule has 0 spiro atoms. The zero-order chi connectivity index (χ0) is 20.0. The molecule has 0 radical (unpaired) electrons. The second-order valence-electron chi connectivity index (χ2n) is 6.61. The van der Waals surface area contributed by atoms with Gasteiger partial charge in [-0.25, -0.2) is 0 Å². The predicted octanol–water partition coefficient (Wildman–Crippen LogP) is 5.01. The largest absolute Gasteiger partial charge is 0.466 e. The Bertz CT molecular complexity index is 543. The lowest BCUT2D eigenvalue weighted by Crippen LogP contribution is -2.05. The van der Waals surface area contributed by atoms with Crippen LogP contribution in [-0.2, 0) is 9.53 Å². The molecule has 0 unspecified atom stereocenters. The van der Waals surface area contributed by atoms with Crippen LogP contribution in [0.1, 0.15) is 97.3 Å². The number of rotatable bonds is 12. The van der Waals surface area contributed by atoms with E-state index < -0.39 is 6.10 Å². The van der Waals surface area contributed by atoms with Gasteiger partial charge in [0.25, 0.3) is 0 Å². The Kier molecular flexibility index (Phi) is 19.0. The van der Waals surface area contributed by atoms with Gasteiger partial charge in [0.05, 0.1) is 19.4 Å². The fourth-order valence-electron chi connectivity index (χ4n) is 2.36. The van der Waals surface area contributed by atoms with Crippen molar-refractivity contribution >= 4 is 5.97 Å². The van der Waals surface area contributed by atoms with Gasteiger partial charge in [0.2, 0.25) is 0 Å². The molecule has 0 rings (SSSR count). The summed E-state index contributed by atoms with van der Waals surface area (Å²) < 4.78 is 5.23. The lowest BCUT2D eigenvalue weighted by atomic mass is 10.1. The minimum Gasteiger partial charge on any atom is -0.466 e. The lowest BCUT2D eigenvalue weighted by Gasteiger charge is -2.04. The van der Waals surface area contributed by atoms with Gasteiger partial charge in [-0.3, -0.25) is 4.79 Å². The van der Waals surface area contributed by atoms with Crippen LogP contribution in [0.3, 0.4) is 0 Å². The van der Waals surface area contributed by atoms with E-state index in [0.29, 0.717) is 25.9 Å². The molecule has 3 heteroatoms. The van der Waals surface area contributed by atoms with Crippen LogP contribution in [-0.4, -0.2) is 23.8 Å². The second kappa shape index (κ2) is 20.4. The number of esters is 1. The van der Waals surface area contributed by atoms with Crippen molar-refractivity contribution in [3.63, 3.8) is 0 Å². The van der Waals surface area contributed by atoms with E-state index in [2.05, 4.69) is 42.4 Å². The fourth-order valence-corrected chi connectivity index (χ4v) is 2.36. The molecule has 1 atom stereocenters. The molecule has 0 saturated heterocycles. The van der Waals surface area contributed by atoms with E-state index >= 15 is 0 Å². The van der Waals surface area contributed by atoms with E-state index in [1.54, 1.807) is 6.92 Å². The Morgan fingerprint density at radius 3 is 2.22 bits per heavy atom. The highest BCUT2D eigenvalue weighted by atomic mass is 16.5.